The minimum absolute atomic E-state index is 0.0682. The summed E-state index contributed by atoms with van der Waals surface area (Å²) in [5, 5.41) is 9.07. The largest absolute Gasteiger partial charge is 0.476 e. The molecule has 98 valence electrons. The summed E-state index contributed by atoms with van der Waals surface area (Å²) >= 11 is 3.17. The van der Waals surface area contributed by atoms with Gasteiger partial charge in [-0.3, -0.25) is 0 Å². The zero-order chi connectivity index (χ0) is 13.1. The van der Waals surface area contributed by atoms with Crippen LogP contribution in [0.15, 0.2) is 10.7 Å². The third kappa shape index (κ3) is 2.88. The van der Waals surface area contributed by atoms with Crippen molar-refractivity contribution in [1.82, 2.24) is 9.97 Å². The lowest BCUT2D eigenvalue weighted by atomic mass is 9.80. The highest BCUT2D eigenvalue weighted by Gasteiger charge is 2.25. The summed E-state index contributed by atoms with van der Waals surface area (Å²) in [6.45, 7) is 2.21. The highest BCUT2D eigenvalue weighted by molar-refractivity contribution is 9.10. The Bertz CT molecular complexity index is 451. The molecule has 0 aromatic carbocycles. The zero-order valence-electron chi connectivity index (χ0n) is 10.4. The summed E-state index contributed by atoms with van der Waals surface area (Å²) in [5.41, 5.74) is 0.0682. The monoisotopic (exact) mass is 312 g/mol. The van der Waals surface area contributed by atoms with Crippen LogP contribution in [0.1, 0.15) is 61.3 Å². The molecule has 0 radical (unpaired) electrons. The minimum Gasteiger partial charge on any atom is -0.476 e. The average Bonchev–Trinajstić information content (AvgIpc) is 2.39. The van der Waals surface area contributed by atoms with E-state index in [4.69, 9.17) is 5.11 Å². The Morgan fingerprint density at radius 1 is 1.56 bits per heavy atom. The fraction of sp³-hybridized carbons (Fsp3) is 0.615. The first kappa shape index (κ1) is 13.5. The summed E-state index contributed by atoms with van der Waals surface area (Å²) < 4.78 is 0.446. The van der Waals surface area contributed by atoms with Gasteiger partial charge in [-0.15, -0.1) is 0 Å². The van der Waals surface area contributed by atoms with E-state index in [1.54, 1.807) is 6.20 Å². The number of hydrogen-bond acceptors (Lipinski definition) is 3. The smallest absolute Gasteiger partial charge is 0.355 e. The van der Waals surface area contributed by atoms with Crippen LogP contribution in [0.2, 0.25) is 0 Å². The van der Waals surface area contributed by atoms with E-state index in [1.807, 2.05) is 0 Å². The molecule has 1 aliphatic carbocycles. The Labute approximate surface area is 115 Å². The second kappa shape index (κ2) is 5.78. The second-order valence-corrected chi connectivity index (χ2v) is 5.72. The van der Waals surface area contributed by atoms with E-state index in [2.05, 4.69) is 32.8 Å². The van der Waals surface area contributed by atoms with Crippen molar-refractivity contribution in [2.75, 3.05) is 0 Å². The normalized spacial score (nSPS) is 23.9. The third-order valence-corrected chi connectivity index (χ3v) is 4.27. The molecule has 0 amide bonds. The van der Waals surface area contributed by atoms with Crippen LogP contribution in [-0.4, -0.2) is 21.0 Å². The molecule has 4 nitrogen and oxygen atoms in total. The Hall–Kier alpha value is -0.970. The summed E-state index contributed by atoms with van der Waals surface area (Å²) in [6, 6.07) is 0. The maximum atomic E-state index is 11.1. The third-order valence-electron chi connectivity index (χ3n) is 3.69. The van der Waals surface area contributed by atoms with E-state index in [0.29, 0.717) is 16.2 Å². The highest BCUT2D eigenvalue weighted by atomic mass is 79.9. The number of aromatic carboxylic acids is 1. The van der Waals surface area contributed by atoms with Crippen LogP contribution in [0.5, 0.6) is 0 Å². The molecule has 5 heteroatoms. The summed E-state index contributed by atoms with van der Waals surface area (Å²) in [5.74, 6) is 0.723. The van der Waals surface area contributed by atoms with Gasteiger partial charge in [-0.05, 0) is 34.7 Å². The Morgan fingerprint density at radius 3 is 3.00 bits per heavy atom. The first-order valence-electron chi connectivity index (χ1n) is 6.37. The number of aromatic nitrogens is 2. The molecule has 2 unspecified atom stereocenters. The molecule has 2 rings (SSSR count). The van der Waals surface area contributed by atoms with Crippen LogP contribution in [0, 0.1) is 5.92 Å². The molecular weight excluding hydrogens is 296 g/mol. The van der Waals surface area contributed by atoms with E-state index < -0.39 is 5.97 Å². The topological polar surface area (TPSA) is 63.1 Å². The Kier molecular flexibility index (Phi) is 4.32. The summed E-state index contributed by atoms with van der Waals surface area (Å²) in [4.78, 5) is 19.6. The molecule has 1 fully saturated rings. The van der Waals surface area contributed by atoms with Gasteiger partial charge < -0.3 is 5.11 Å². The van der Waals surface area contributed by atoms with Gasteiger partial charge in [0, 0.05) is 12.1 Å². The van der Waals surface area contributed by atoms with Crippen molar-refractivity contribution in [3.8, 4) is 0 Å². The van der Waals surface area contributed by atoms with Crippen molar-refractivity contribution in [2.45, 2.75) is 44.9 Å². The van der Waals surface area contributed by atoms with Crippen molar-refractivity contribution in [3.05, 3.63) is 22.2 Å². The van der Waals surface area contributed by atoms with Crippen LogP contribution < -0.4 is 0 Å². The highest BCUT2D eigenvalue weighted by Crippen LogP contribution is 2.36. The fourth-order valence-corrected chi connectivity index (χ4v) is 2.98. The minimum atomic E-state index is -1.01. The standard InChI is InChI=1S/C13H17BrN2O2/c1-2-8-4-3-5-9(6-8)12-15-7-10(14)11(16-12)13(17)18/h7-9H,2-6H2,1H3,(H,17,18). The molecule has 0 bridgehead atoms. The summed E-state index contributed by atoms with van der Waals surface area (Å²) in [7, 11) is 0. The lowest BCUT2D eigenvalue weighted by Gasteiger charge is -2.27. The van der Waals surface area contributed by atoms with Crippen LogP contribution in [0.3, 0.4) is 0 Å². The van der Waals surface area contributed by atoms with Crippen LogP contribution in [0.25, 0.3) is 0 Å². The van der Waals surface area contributed by atoms with Gasteiger partial charge in [0.2, 0.25) is 0 Å². The van der Waals surface area contributed by atoms with Gasteiger partial charge in [-0.2, -0.15) is 0 Å². The van der Waals surface area contributed by atoms with Crippen molar-refractivity contribution in [1.29, 1.82) is 0 Å². The van der Waals surface area contributed by atoms with Crippen LogP contribution in [-0.2, 0) is 0 Å². The number of nitrogens with zero attached hydrogens (tertiary/aromatic N) is 2. The number of rotatable bonds is 3. The molecule has 0 spiro atoms. The van der Waals surface area contributed by atoms with Gasteiger partial charge in [-0.1, -0.05) is 26.2 Å². The lowest BCUT2D eigenvalue weighted by Crippen LogP contribution is -2.17. The quantitative estimate of drug-likeness (QED) is 0.925. The Morgan fingerprint density at radius 2 is 2.33 bits per heavy atom. The maximum Gasteiger partial charge on any atom is 0.355 e. The molecule has 1 heterocycles. The molecule has 1 N–H and O–H groups in total. The molecule has 0 saturated heterocycles. The average molecular weight is 313 g/mol. The van der Waals surface area contributed by atoms with Crippen molar-refractivity contribution in [2.24, 2.45) is 5.92 Å². The van der Waals surface area contributed by atoms with E-state index in [0.717, 1.165) is 18.8 Å². The second-order valence-electron chi connectivity index (χ2n) is 4.87. The Balaban J connectivity index is 2.22. The first-order chi connectivity index (χ1) is 8.61. The van der Waals surface area contributed by atoms with Crippen molar-refractivity contribution < 1.29 is 9.90 Å². The molecule has 1 aromatic heterocycles. The van der Waals surface area contributed by atoms with Gasteiger partial charge in [0.25, 0.3) is 0 Å². The van der Waals surface area contributed by atoms with Crippen LogP contribution >= 0.6 is 15.9 Å². The van der Waals surface area contributed by atoms with Gasteiger partial charge >= 0.3 is 5.97 Å². The van der Waals surface area contributed by atoms with E-state index in [-0.39, 0.29) is 5.69 Å². The molecular formula is C13H17BrN2O2. The van der Waals surface area contributed by atoms with Gasteiger partial charge in [0.05, 0.1) is 4.47 Å². The molecule has 0 aliphatic heterocycles. The number of carboxylic acid groups (broad SMARTS) is 1. The summed E-state index contributed by atoms with van der Waals surface area (Å²) in [6.07, 6.45) is 7.34. The first-order valence-corrected chi connectivity index (χ1v) is 7.16. The van der Waals surface area contributed by atoms with Crippen molar-refractivity contribution >= 4 is 21.9 Å². The number of carbonyl (C=O) groups is 1. The van der Waals surface area contributed by atoms with Gasteiger partial charge in [0.15, 0.2) is 5.69 Å². The molecule has 1 aromatic rings. The number of carboxylic acids is 1. The molecule has 1 aliphatic rings. The maximum absolute atomic E-state index is 11.1. The molecule has 18 heavy (non-hydrogen) atoms. The SMILES string of the molecule is CCC1CCCC(c2ncc(Br)c(C(=O)O)n2)C1. The lowest BCUT2D eigenvalue weighted by molar-refractivity contribution is 0.0688. The van der Waals surface area contributed by atoms with E-state index in [9.17, 15) is 4.79 Å². The van der Waals surface area contributed by atoms with E-state index in [1.165, 1.54) is 19.3 Å². The predicted molar refractivity (Wildman–Crippen MR) is 71.7 cm³/mol. The number of halogens is 1. The predicted octanol–water partition coefficient (Wildman–Crippen LogP) is 3.62. The van der Waals surface area contributed by atoms with Gasteiger partial charge in [-0.25, -0.2) is 14.8 Å². The fourth-order valence-electron chi connectivity index (χ4n) is 2.62. The van der Waals surface area contributed by atoms with E-state index >= 15 is 0 Å². The molecule has 2 atom stereocenters. The number of hydrogen-bond donors (Lipinski definition) is 1. The van der Waals surface area contributed by atoms with Gasteiger partial charge in [0.1, 0.15) is 5.82 Å². The zero-order valence-corrected chi connectivity index (χ0v) is 12.0. The molecule has 1 saturated carbocycles. The van der Waals surface area contributed by atoms with Crippen molar-refractivity contribution in [3.63, 3.8) is 0 Å². The van der Waals surface area contributed by atoms with Crippen LogP contribution in [0.4, 0.5) is 0 Å².